The second-order valence-electron chi connectivity index (χ2n) is 7.37. The first-order valence-electron chi connectivity index (χ1n) is 9.90. The number of hydrogen-bond acceptors (Lipinski definition) is 3. The summed E-state index contributed by atoms with van der Waals surface area (Å²) in [6, 6.07) is 23.8. The normalized spacial score (nSPS) is 13.1. The Labute approximate surface area is 185 Å². The van der Waals surface area contributed by atoms with E-state index >= 15 is 0 Å². The lowest BCUT2D eigenvalue weighted by atomic mass is 10.0. The highest BCUT2D eigenvalue weighted by Crippen LogP contribution is 2.38. The Morgan fingerprint density at radius 1 is 0.828 bits per heavy atom. The monoisotopic (exact) mass is 498 g/mol. The number of carbonyl (C=O) groups excluding carboxylic acids is 1. The molecule has 3 aromatic rings. The van der Waals surface area contributed by atoms with E-state index in [0.717, 1.165) is 33.3 Å². The fourth-order valence-corrected chi connectivity index (χ4v) is 3.95. The summed E-state index contributed by atoms with van der Waals surface area (Å²) in [7, 11) is 0. The predicted octanol–water partition coefficient (Wildman–Crippen LogP) is 6.43. The molecule has 4 rings (SSSR count). The van der Waals surface area contributed by atoms with E-state index in [1.807, 2.05) is 72.8 Å². The highest BCUT2D eigenvalue weighted by Gasteiger charge is 2.27. The van der Waals surface area contributed by atoms with E-state index in [-0.39, 0.29) is 5.78 Å². The van der Waals surface area contributed by atoms with Gasteiger partial charge in [0, 0.05) is 6.42 Å². The molecular formula is C25H23IO3. The molecule has 148 valence electrons. The molecule has 0 aromatic heterocycles. The third-order valence-electron chi connectivity index (χ3n) is 5.00. The minimum atomic E-state index is 0.156. The maximum Gasteiger partial charge on any atom is 0.166 e. The van der Waals surface area contributed by atoms with Crippen LogP contribution < -0.4 is 9.47 Å². The quantitative estimate of drug-likeness (QED) is 0.252. The van der Waals surface area contributed by atoms with Gasteiger partial charge in [0.2, 0.25) is 0 Å². The number of Topliss-reactive ketones (excluding diaryl/α,β-unsaturated/α-hetero) is 1. The van der Waals surface area contributed by atoms with Crippen LogP contribution in [0, 0.1) is 9.49 Å². The van der Waals surface area contributed by atoms with Crippen molar-refractivity contribution in [3.05, 3.63) is 93.1 Å². The highest BCUT2D eigenvalue weighted by atomic mass is 127. The van der Waals surface area contributed by atoms with Crippen LogP contribution in [0.5, 0.6) is 11.5 Å². The molecule has 1 aliphatic rings. The van der Waals surface area contributed by atoms with Gasteiger partial charge in [-0.3, -0.25) is 4.79 Å². The van der Waals surface area contributed by atoms with Gasteiger partial charge in [-0.2, -0.15) is 0 Å². The molecule has 1 fully saturated rings. The summed E-state index contributed by atoms with van der Waals surface area (Å²) in [4.78, 5) is 12.8. The second kappa shape index (κ2) is 9.44. The Morgan fingerprint density at radius 2 is 1.41 bits per heavy atom. The predicted molar refractivity (Wildman–Crippen MR) is 122 cm³/mol. The van der Waals surface area contributed by atoms with Crippen LogP contribution in [0.25, 0.3) is 0 Å². The fourth-order valence-electron chi connectivity index (χ4n) is 3.17. The lowest BCUT2D eigenvalue weighted by molar-refractivity contribution is 0.0971. The van der Waals surface area contributed by atoms with Gasteiger partial charge in [-0.25, -0.2) is 0 Å². The third kappa shape index (κ3) is 5.38. The first-order valence-corrected chi connectivity index (χ1v) is 11.0. The van der Waals surface area contributed by atoms with Gasteiger partial charge in [0.15, 0.2) is 5.78 Å². The van der Waals surface area contributed by atoms with Crippen LogP contribution in [0.15, 0.2) is 72.8 Å². The van der Waals surface area contributed by atoms with Gasteiger partial charge in [-0.15, -0.1) is 0 Å². The Balaban J connectivity index is 1.57. The highest BCUT2D eigenvalue weighted by molar-refractivity contribution is 14.1. The molecule has 1 aliphatic carbocycles. The van der Waals surface area contributed by atoms with Crippen LogP contribution in [0.3, 0.4) is 0 Å². The molecule has 3 nitrogen and oxygen atoms in total. The van der Waals surface area contributed by atoms with Crippen molar-refractivity contribution in [3.8, 4) is 11.5 Å². The lowest BCUT2D eigenvalue weighted by Gasteiger charge is -2.16. The Bertz CT molecular complexity index is 966. The van der Waals surface area contributed by atoms with Gasteiger partial charge < -0.3 is 9.47 Å². The topological polar surface area (TPSA) is 35.5 Å². The van der Waals surface area contributed by atoms with Gasteiger partial charge in [-0.05, 0) is 64.6 Å². The van der Waals surface area contributed by atoms with E-state index in [1.54, 1.807) is 0 Å². The number of hydrogen-bond donors (Lipinski definition) is 0. The molecule has 3 aromatic carbocycles. The molecule has 0 spiro atoms. The van der Waals surface area contributed by atoms with Crippen molar-refractivity contribution >= 4 is 28.4 Å². The Morgan fingerprint density at radius 3 is 2.00 bits per heavy atom. The van der Waals surface area contributed by atoms with Crippen LogP contribution in [-0.2, 0) is 13.2 Å². The molecule has 0 saturated heterocycles. The molecule has 0 bridgehead atoms. The average molecular weight is 498 g/mol. The van der Waals surface area contributed by atoms with E-state index in [1.165, 1.54) is 0 Å². The van der Waals surface area contributed by atoms with Crippen molar-refractivity contribution in [2.45, 2.75) is 32.5 Å². The summed E-state index contributed by atoms with van der Waals surface area (Å²) in [5, 5.41) is 0. The van der Waals surface area contributed by atoms with Gasteiger partial charge in [0.05, 0.1) is 9.13 Å². The molecule has 0 unspecified atom stereocenters. The third-order valence-corrected chi connectivity index (χ3v) is 6.02. The standard InChI is InChI=1S/C25H23IO3/c26-24-23(28-16-19-7-3-1-4-8-19)14-13-21(22(27)15-18-11-12-18)25(24)29-17-20-9-5-2-6-10-20/h1-10,13-14,18H,11-12,15-17H2. The van der Waals surface area contributed by atoms with Gasteiger partial charge >= 0.3 is 0 Å². The number of carbonyl (C=O) groups is 1. The molecule has 0 aliphatic heterocycles. The summed E-state index contributed by atoms with van der Waals surface area (Å²) < 4.78 is 13.1. The summed E-state index contributed by atoms with van der Waals surface area (Å²) in [6.07, 6.45) is 2.91. The molecule has 0 atom stereocenters. The van der Waals surface area contributed by atoms with E-state index < -0.39 is 0 Å². The number of halogens is 1. The summed E-state index contributed by atoms with van der Waals surface area (Å²) in [5.41, 5.74) is 2.83. The number of ketones is 1. The van der Waals surface area contributed by atoms with E-state index in [9.17, 15) is 4.79 Å². The molecular weight excluding hydrogens is 475 g/mol. The van der Waals surface area contributed by atoms with E-state index in [2.05, 4.69) is 22.6 Å². The first-order chi connectivity index (χ1) is 14.2. The van der Waals surface area contributed by atoms with Gasteiger partial charge in [0.25, 0.3) is 0 Å². The van der Waals surface area contributed by atoms with E-state index in [4.69, 9.17) is 9.47 Å². The van der Waals surface area contributed by atoms with Crippen molar-refractivity contribution < 1.29 is 14.3 Å². The molecule has 29 heavy (non-hydrogen) atoms. The smallest absolute Gasteiger partial charge is 0.166 e. The zero-order valence-corrected chi connectivity index (χ0v) is 18.3. The zero-order chi connectivity index (χ0) is 20.1. The minimum Gasteiger partial charge on any atom is -0.488 e. The van der Waals surface area contributed by atoms with Crippen molar-refractivity contribution in [1.82, 2.24) is 0 Å². The van der Waals surface area contributed by atoms with Crippen LogP contribution in [0.1, 0.15) is 40.7 Å². The molecule has 0 heterocycles. The Hall–Kier alpha value is -2.34. The SMILES string of the molecule is O=C(CC1CC1)c1ccc(OCc2ccccc2)c(I)c1OCc1ccccc1. The van der Waals surface area contributed by atoms with Crippen molar-refractivity contribution in [2.24, 2.45) is 5.92 Å². The van der Waals surface area contributed by atoms with Crippen molar-refractivity contribution in [1.29, 1.82) is 0 Å². The van der Waals surface area contributed by atoms with Crippen LogP contribution >= 0.6 is 22.6 Å². The largest absolute Gasteiger partial charge is 0.488 e. The second-order valence-corrected chi connectivity index (χ2v) is 8.45. The van der Waals surface area contributed by atoms with Crippen LogP contribution in [0.2, 0.25) is 0 Å². The molecule has 0 radical (unpaired) electrons. The van der Waals surface area contributed by atoms with Crippen molar-refractivity contribution in [3.63, 3.8) is 0 Å². The van der Waals surface area contributed by atoms with Gasteiger partial charge in [0.1, 0.15) is 24.7 Å². The lowest BCUT2D eigenvalue weighted by Crippen LogP contribution is -2.08. The molecule has 1 saturated carbocycles. The van der Waals surface area contributed by atoms with Gasteiger partial charge in [-0.1, -0.05) is 60.7 Å². The summed E-state index contributed by atoms with van der Waals surface area (Å²) >= 11 is 2.23. The summed E-state index contributed by atoms with van der Waals surface area (Å²) in [5.74, 6) is 2.06. The fraction of sp³-hybridized carbons (Fsp3) is 0.240. The van der Waals surface area contributed by atoms with Crippen molar-refractivity contribution in [2.75, 3.05) is 0 Å². The van der Waals surface area contributed by atoms with Crippen LogP contribution in [0.4, 0.5) is 0 Å². The molecule has 4 heteroatoms. The number of ether oxygens (including phenoxy) is 2. The maximum absolute atomic E-state index is 12.8. The Kier molecular flexibility index (Phi) is 6.49. The summed E-state index contributed by atoms with van der Waals surface area (Å²) in [6.45, 7) is 0.896. The molecule has 0 amide bonds. The van der Waals surface area contributed by atoms with E-state index in [0.29, 0.717) is 36.9 Å². The minimum absolute atomic E-state index is 0.156. The maximum atomic E-state index is 12.8. The average Bonchev–Trinajstić information content (AvgIpc) is 3.57. The zero-order valence-electron chi connectivity index (χ0n) is 16.1. The number of rotatable bonds is 9. The molecule has 0 N–H and O–H groups in total. The first kappa shape index (κ1) is 20.0. The number of benzene rings is 3. The van der Waals surface area contributed by atoms with Crippen LogP contribution in [-0.4, -0.2) is 5.78 Å².